The van der Waals surface area contributed by atoms with Gasteiger partial charge < -0.3 is 19.5 Å². The van der Waals surface area contributed by atoms with Gasteiger partial charge in [0.2, 0.25) is 0 Å². The fraction of sp³-hybridized carbons (Fsp3) is 0.583. The van der Waals surface area contributed by atoms with Crippen LogP contribution in [0.4, 0.5) is 19.3 Å². The number of amides is 1. The molecule has 1 saturated carbocycles. The summed E-state index contributed by atoms with van der Waals surface area (Å²) in [6.45, 7) is 7.48. The molecule has 1 unspecified atom stereocenters. The second kappa shape index (κ2) is 8.05. The van der Waals surface area contributed by atoms with Crippen LogP contribution in [0, 0.1) is 5.82 Å². The molecule has 1 amide bonds. The van der Waals surface area contributed by atoms with Crippen LogP contribution in [-0.4, -0.2) is 35.0 Å². The van der Waals surface area contributed by atoms with Gasteiger partial charge in [0.1, 0.15) is 17.1 Å². The van der Waals surface area contributed by atoms with Gasteiger partial charge in [0.15, 0.2) is 0 Å². The average Bonchev–Trinajstić information content (AvgIpc) is 3.46. The maximum absolute atomic E-state index is 15.4. The van der Waals surface area contributed by atoms with E-state index < -0.39 is 23.2 Å². The van der Waals surface area contributed by atoms with E-state index in [0.717, 1.165) is 12.8 Å². The number of alkyl halides is 1. The van der Waals surface area contributed by atoms with Crippen molar-refractivity contribution < 1.29 is 18.3 Å². The summed E-state index contributed by atoms with van der Waals surface area (Å²) in [7, 11) is 0. The highest BCUT2D eigenvalue weighted by Gasteiger charge is 2.39. The van der Waals surface area contributed by atoms with E-state index in [1.807, 2.05) is 0 Å². The standard InChI is InChI=1S/C24H31F2N3O3/c1-5-24(26)10-11-28(14-24)21-17(13-27-22(31)32-23(2,3)4)20-15(12-18(21)25)6-9-19(30)29(20)16-7-8-16/h6,9,12,16H,5,7-8,10-11,13-14H2,1-4H3,(H,27,31). The molecule has 174 valence electrons. The molecule has 1 saturated heterocycles. The number of fused-ring (bicyclic) bond motifs is 1. The van der Waals surface area contributed by atoms with Gasteiger partial charge in [-0.1, -0.05) is 6.92 Å². The van der Waals surface area contributed by atoms with Crippen LogP contribution in [0.25, 0.3) is 10.9 Å². The predicted molar refractivity (Wildman–Crippen MR) is 120 cm³/mol. The van der Waals surface area contributed by atoms with Crippen molar-refractivity contribution in [3.05, 3.63) is 39.9 Å². The SMILES string of the molecule is CCC1(F)CCN(c2c(F)cc3ccc(=O)n(C4CC4)c3c2CNC(=O)OC(C)(C)C)C1. The molecule has 0 spiro atoms. The van der Waals surface area contributed by atoms with Gasteiger partial charge in [0, 0.05) is 36.0 Å². The number of nitrogens with one attached hydrogen (secondary N) is 1. The first-order valence-electron chi connectivity index (χ1n) is 11.3. The van der Waals surface area contributed by atoms with Crippen molar-refractivity contribution in [1.82, 2.24) is 9.88 Å². The molecule has 2 aliphatic rings. The lowest BCUT2D eigenvalue weighted by Crippen LogP contribution is -2.34. The van der Waals surface area contributed by atoms with Gasteiger partial charge >= 0.3 is 6.09 Å². The number of halogens is 2. The second-order valence-electron chi connectivity index (χ2n) is 9.93. The number of anilines is 1. The van der Waals surface area contributed by atoms with Gasteiger partial charge in [-0.2, -0.15) is 0 Å². The Bertz CT molecular complexity index is 1100. The highest BCUT2D eigenvalue weighted by atomic mass is 19.1. The molecule has 6 nitrogen and oxygen atoms in total. The molecule has 2 fully saturated rings. The third kappa shape index (κ3) is 4.45. The predicted octanol–water partition coefficient (Wildman–Crippen LogP) is 4.83. The fourth-order valence-corrected chi connectivity index (χ4v) is 4.46. The number of nitrogens with zero attached hydrogens (tertiary/aromatic N) is 2. The minimum absolute atomic E-state index is 0.0312. The number of ether oxygens (including phenoxy) is 1. The number of hydrogen-bond donors (Lipinski definition) is 1. The van der Waals surface area contributed by atoms with Crippen molar-refractivity contribution >= 4 is 22.7 Å². The summed E-state index contributed by atoms with van der Waals surface area (Å²) in [5, 5.41) is 3.30. The van der Waals surface area contributed by atoms with Crippen LogP contribution in [0.15, 0.2) is 23.0 Å². The zero-order valence-corrected chi connectivity index (χ0v) is 19.1. The summed E-state index contributed by atoms with van der Waals surface area (Å²) in [4.78, 5) is 26.8. The largest absolute Gasteiger partial charge is 0.444 e. The molecule has 4 rings (SSSR count). The molecule has 32 heavy (non-hydrogen) atoms. The number of benzene rings is 1. The van der Waals surface area contributed by atoms with E-state index in [2.05, 4.69) is 5.32 Å². The summed E-state index contributed by atoms with van der Waals surface area (Å²) in [6, 6.07) is 4.52. The lowest BCUT2D eigenvalue weighted by molar-refractivity contribution is 0.0523. The van der Waals surface area contributed by atoms with Crippen molar-refractivity contribution in [3.63, 3.8) is 0 Å². The molecule has 1 aromatic carbocycles. The molecule has 1 atom stereocenters. The molecule has 1 aliphatic carbocycles. The third-order valence-corrected chi connectivity index (χ3v) is 6.21. The molecule has 8 heteroatoms. The summed E-state index contributed by atoms with van der Waals surface area (Å²) >= 11 is 0. The van der Waals surface area contributed by atoms with E-state index in [1.54, 1.807) is 43.2 Å². The van der Waals surface area contributed by atoms with E-state index in [1.165, 1.54) is 12.1 Å². The maximum atomic E-state index is 15.4. The minimum atomic E-state index is -1.38. The summed E-state index contributed by atoms with van der Waals surface area (Å²) in [5.41, 5.74) is -0.898. The number of aromatic nitrogens is 1. The van der Waals surface area contributed by atoms with Gasteiger partial charge in [0.05, 0.1) is 24.3 Å². The van der Waals surface area contributed by atoms with Crippen LogP contribution < -0.4 is 15.8 Å². The molecule has 1 aromatic heterocycles. The summed E-state index contributed by atoms with van der Waals surface area (Å²) in [6.07, 6.45) is 1.77. The smallest absolute Gasteiger partial charge is 0.407 e. The van der Waals surface area contributed by atoms with Crippen LogP contribution >= 0.6 is 0 Å². The Labute approximate surface area is 186 Å². The lowest BCUT2D eigenvalue weighted by atomic mass is 10.0. The Kier molecular flexibility index (Phi) is 5.67. The van der Waals surface area contributed by atoms with Gasteiger partial charge in [-0.25, -0.2) is 13.6 Å². The molecule has 2 aromatic rings. The molecule has 2 heterocycles. The number of carbonyl (C=O) groups excluding carboxylic acids is 1. The van der Waals surface area contributed by atoms with Gasteiger partial charge in [-0.05, 0) is 52.2 Å². The highest BCUT2D eigenvalue weighted by molar-refractivity contribution is 5.88. The van der Waals surface area contributed by atoms with Crippen molar-refractivity contribution in [3.8, 4) is 0 Å². The highest BCUT2D eigenvalue weighted by Crippen LogP contribution is 2.41. The van der Waals surface area contributed by atoms with E-state index in [4.69, 9.17) is 4.74 Å². The van der Waals surface area contributed by atoms with E-state index in [-0.39, 0.29) is 30.4 Å². The van der Waals surface area contributed by atoms with Gasteiger partial charge in [-0.3, -0.25) is 4.79 Å². The van der Waals surface area contributed by atoms with Crippen LogP contribution in [0.2, 0.25) is 0 Å². The van der Waals surface area contributed by atoms with E-state index >= 15 is 8.78 Å². The molecule has 1 N–H and O–H groups in total. The maximum Gasteiger partial charge on any atom is 0.407 e. The van der Waals surface area contributed by atoms with Gasteiger partial charge in [0.25, 0.3) is 5.56 Å². The lowest BCUT2D eigenvalue weighted by Gasteiger charge is -2.27. The van der Waals surface area contributed by atoms with Crippen LogP contribution in [0.1, 0.15) is 65.0 Å². The molecular weight excluding hydrogens is 416 g/mol. The topological polar surface area (TPSA) is 63.6 Å². The molecule has 1 aliphatic heterocycles. The monoisotopic (exact) mass is 447 g/mol. The fourth-order valence-electron chi connectivity index (χ4n) is 4.46. The van der Waals surface area contributed by atoms with E-state index in [9.17, 15) is 9.59 Å². The molecule has 0 radical (unpaired) electrons. The molecule has 0 bridgehead atoms. The van der Waals surface area contributed by atoms with Crippen molar-refractivity contribution in [1.29, 1.82) is 0 Å². The number of carbonyl (C=O) groups is 1. The number of hydrogen-bond acceptors (Lipinski definition) is 4. The van der Waals surface area contributed by atoms with Crippen LogP contribution in [0.3, 0.4) is 0 Å². The van der Waals surface area contributed by atoms with Gasteiger partial charge in [-0.15, -0.1) is 0 Å². The second-order valence-corrected chi connectivity index (χ2v) is 9.93. The minimum Gasteiger partial charge on any atom is -0.444 e. The van der Waals surface area contributed by atoms with E-state index in [0.29, 0.717) is 35.9 Å². The first-order chi connectivity index (χ1) is 15.0. The number of pyridine rings is 1. The van der Waals surface area contributed by atoms with Crippen LogP contribution in [-0.2, 0) is 11.3 Å². The Hall–Kier alpha value is -2.64. The number of alkyl carbamates (subject to hydrolysis) is 1. The number of rotatable bonds is 5. The summed E-state index contributed by atoms with van der Waals surface area (Å²) in [5.74, 6) is -0.486. The first-order valence-corrected chi connectivity index (χ1v) is 11.3. The van der Waals surface area contributed by atoms with Crippen LogP contribution in [0.5, 0.6) is 0 Å². The zero-order valence-electron chi connectivity index (χ0n) is 19.1. The Balaban J connectivity index is 1.83. The Morgan fingerprint density at radius 1 is 1.31 bits per heavy atom. The van der Waals surface area contributed by atoms with Crippen molar-refractivity contribution in [2.24, 2.45) is 0 Å². The Morgan fingerprint density at radius 3 is 2.62 bits per heavy atom. The first kappa shape index (κ1) is 22.6. The third-order valence-electron chi connectivity index (χ3n) is 6.21. The zero-order chi connectivity index (χ0) is 23.3. The Morgan fingerprint density at radius 2 is 2.03 bits per heavy atom. The van der Waals surface area contributed by atoms with Crippen molar-refractivity contribution in [2.45, 2.75) is 77.2 Å². The normalized spacial score (nSPS) is 21.2. The quantitative estimate of drug-likeness (QED) is 0.713. The van der Waals surface area contributed by atoms with Crippen molar-refractivity contribution in [2.75, 3.05) is 18.0 Å². The average molecular weight is 448 g/mol. The molecular formula is C24H31F2N3O3. The summed E-state index contributed by atoms with van der Waals surface area (Å²) < 4.78 is 37.5.